The van der Waals surface area contributed by atoms with Crippen molar-refractivity contribution in [1.29, 1.82) is 0 Å². The highest BCUT2D eigenvalue weighted by Gasteiger charge is 2.07. The second kappa shape index (κ2) is 4.94. The number of hydrogen-bond acceptors (Lipinski definition) is 5. The van der Waals surface area contributed by atoms with E-state index in [9.17, 15) is 0 Å². The Morgan fingerprint density at radius 2 is 2.10 bits per heavy atom. The fraction of sp³-hybridized carbons (Fsp3) is 0.0714. The average molecular weight is 290 g/mol. The van der Waals surface area contributed by atoms with Crippen LogP contribution in [0.25, 0.3) is 11.1 Å². The standard InChI is InChI=1S/C14H12ClN3O2/c1-19-12-5-3-9(7-10(12)15)17-14-18-11-4-2-8(16)6-13(11)20-14/h2-7H,16H2,1H3,(H,17,18). The zero-order valence-corrected chi connectivity index (χ0v) is 11.4. The summed E-state index contributed by atoms with van der Waals surface area (Å²) >= 11 is 6.06. The lowest BCUT2D eigenvalue weighted by molar-refractivity contribution is 0.415. The average Bonchev–Trinajstić information content (AvgIpc) is 2.80. The van der Waals surface area contributed by atoms with Gasteiger partial charge < -0.3 is 20.2 Å². The summed E-state index contributed by atoms with van der Waals surface area (Å²) in [5.41, 5.74) is 8.46. The topological polar surface area (TPSA) is 73.3 Å². The fourth-order valence-electron chi connectivity index (χ4n) is 1.86. The maximum absolute atomic E-state index is 6.06. The highest BCUT2D eigenvalue weighted by molar-refractivity contribution is 6.32. The van der Waals surface area contributed by atoms with Crippen molar-refractivity contribution in [2.24, 2.45) is 0 Å². The summed E-state index contributed by atoms with van der Waals surface area (Å²) < 4.78 is 10.7. The van der Waals surface area contributed by atoms with Gasteiger partial charge in [0.05, 0.1) is 12.1 Å². The quantitative estimate of drug-likeness (QED) is 0.717. The number of ether oxygens (including phenoxy) is 1. The van der Waals surface area contributed by atoms with Crippen LogP contribution in [-0.4, -0.2) is 12.1 Å². The second-order valence-electron chi connectivity index (χ2n) is 4.22. The summed E-state index contributed by atoms with van der Waals surface area (Å²) in [6, 6.07) is 11.0. The lowest BCUT2D eigenvalue weighted by Crippen LogP contribution is -1.91. The van der Waals surface area contributed by atoms with Gasteiger partial charge in [-0.1, -0.05) is 11.6 Å². The highest BCUT2D eigenvalue weighted by Crippen LogP contribution is 2.29. The minimum Gasteiger partial charge on any atom is -0.495 e. The van der Waals surface area contributed by atoms with E-state index in [0.717, 1.165) is 11.2 Å². The normalized spacial score (nSPS) is 10.7. The maximum atomic E-state index is 6.06. The minimum atomic E-state index is 0.381. The van der Waals surface area contributed by atoms with Crippen molar-refractivity contribution in [2.45, 2.75) is 0 Å². The number of anilines is 3. The molecule has 0 spiro atoms. The summed E-state index contributed by atoms with van der Waals surface area (Å²) in [6.45, 7) is 0. The molecule has 20 heavy (non-hydrogen) atoms. The molecule has 2 aromatic carbocycles. The zero-order chi connectivity index (χ0) is 14.1. The SMILES string of the molecule is COc1ccc(Nc2nc3ccc(N)cc3o2)cc1Cl. The van der Waals surface area contributed by atoms with Gasteiger partial charge in [0.2, 0.25) is 0 Å². The Kier molecular flexibility index (Phi) is 3.12. The molecule has 0 aliphatic heterocycles. The van der Waals surface area contributed by atoms with Crippen LogP contribution < -0.4 is 15.8 Å². The first-order valence-corrected chi connectivity index (χ1v) is 6.30. The Labute approximate surface area is 120 Å². The molecule has 5 nitrogen and oxygen atoms in total. The zero-order valence-electron chi connectivity index (χ0n) is 10.7. The number of rotatable bonds is 3. The molecule has 102 valence electrons. The molecule has 1 heterocycles. The van der Waals surface area contributed by atoms with Crippen molar-refractivity contribution < 1.29 is 9.15 Å². The molecule has 1 aromatic heterocycles. The molecule has 0 saturated heterocycles. The molecular formula is C14H12ClN3O2. The molecule has 0 aliphatic carbocycles. The lowest BCUT2D eigenvalue weighted by atomic mass is 10.3. The van der Waals surface area contributed by atoms with Gasteiger partial charge in [-0.05, 0) is 30.3 Å². The monoisotopic (exact) mass is 289 g/mol. The number of nitrogen functional groups attached to an aromatic ring is 1. The molecule has 0 bridgehead atoms. The number of oxazole rings is 1. The lowest BCUT2D eigenvalue weighted by Gasteiger charge is -2.05. The number of nitrogens with one attached hydrogen (secondary N) is 1. The van der Waals surface area contributed by atoms with Crippen LogP contribution in [0.1, 0.15) is 0 Å². The molecular weight excluding hydrogens is 278 g/mol. The van der Waals surface area contributed by atoms with Gasteiger partial charge in [-0.3, -0.25) is 0 Å². The third-order valence-corrected chi connectivity index (χ3v) is 3.11. The van der Waals surface area contributed by atoms with Gasteiger partial charge in [-0.25, -0.2) is 0 Å². The van der Waals surface area contributed by atoms with Crippen molar-refractivity contribution in [3.05, 3.63) is 41.4 Å². The van der Waals surface area contributed by atoms with Gasteiger partial charge in [0.15, 0.2) is 5.58 Å². The maximum Gasteiger partial charge on any atom is 0.300 e. The molecule has 0 saturated carbocycles. The van der Waals surface area contributed by atoms with Crippen molar-refractivity contribution in [3.8, 4) is 5.75 Å². The van der Waals surface area contributed by atoms with Gasteiger partial charge in [-0.2, -0.15) is 4.98 Å². The number of fused-ring (bicyclic) bond motifs is 1. The van der Waals surface area contributed by atoms with E-state index in [1.54, 1.807) is 37.4 Å². The first-order valence-electron chi connectivity index (χ1n) is 5.92. The van der Waals surface area contributed by atoms with Crippen LogP contribution in [0.3, 0.4) is 0 Å². The Bertz CT molecular complexity index is 770. The van der Waals surface area contributed by atoms with E-state index in [0.29, 0.717) is 28.1 Å². The molecule has 0 unspecified atom stereocenters. The van der Waals surface area contributed by atoms with Crippen molar-refractivity contribution in [1.82, 2.24) is 4.98 Å². The van der Waals surface area contributed by atoms with E-state index in [1.165, 1.54) is 0 Å². The summed E-state index contributed by atoms with van der Waals surface area (Å²) in [4.78, 5) is 4.31. The van der Waals surface area contributed by atoms with Crippen LogP contribution in [-0.2, 0) is 0 Å². The second-order valence-corrected chi connectivity index (χ2v) is 4.63. The number of halogens is 1. The molecule has 3 N–H and O–H groups in total. The molecule has 0 amide bonds. The largest absolute Gasteiger partial charge is 0.495 e. The first-order chi connectivity index (χ1) is 9.65. The molecule has 3 aromatic rings. The van der Waals surface area contributed by atoms with Gasteiger partial charge in [-0.15, -0.1) is 0 Å². The predicted octanol–water partition coefficient (Wildman–Crippen LogP) is 3.82. The van der Waals surface area contributed by atoms with E-state index in [2.05, 4.69) is 10.3 Å². The predicted molar refractivity (Wildman–Crippen MR) is 79.7 cm³/mol. The van der Waals surface area contributed by atoms with E-state index in [1.807, 2.05) is 6.07 Å². The minimum absolute atomic E-state index is 0.381. The number of benzene rings is 2. The van der Waals surface area contributed by atoms with Gasteiger partial charge in [0.1, 0.15) is 11.3 Å². The van der Waals surface area contributed by atoms with Crippen molar-refractivity contribution in [2.75, 3.05) is 18.2 Å². The van der Waals surface area contributed by atoms with E-state index in [4.69, 9.17) is 26.5 Å². The third kappa shape index (κ3) is 2.35. The Balaban J connectivity index is 1.90. The van der Waals surface area contributed by atoms with Crippen LogP contribution in [0.2, 0.25) is 5.02 Å². The van der Waals surface area contributed by atoms with E-state index >= 15 is 0 Å². The molecule has 3 rings (SSSR count). The molecule has 0 atom stereocenters. The van der Waals surface area contributed by atoms with Crippen LogP contribution in [0.5, 0.6) is 5.75 Å². The summed E-state index contributed by atoms with van der Waals surface area (Å²) in [5, 5.41) is 3.56. The smallest absolute Gasteiger partial charge is 0.300 e. The van der Waals surface area contributed by atoms with Crippen LogP contribution in [0, 0.1) is 0 Å². The van der Waals surface area contributed by atoms with Crippen LogP contribution in [0.15, 0.2) is 40.8 Å². The first kappa shape index (κ1) is 12.6. The molecule has 0 radical (unpaired) electrons. The van der Waals surface area contributed by atoms with Crippen molar-refractivity contribution >= 4 is 40.1 Å². The third-order valence-electron chi connectivity index (χ3n) is 2.82. The van der Waals surface area contributed by atoms with E-state index < -0.39 is 0 Å². The Morgan fingerprint density at radius 3 is 2.85 bits per heavy atom. The van der Waals surface area contributed by atoms with Gasteiger partial charge >= 0.3 is 0 Å². The fourth-order valence-corrected chi connectivity index (χ4v) is 2.12. The number of methoxy groups -OCH3 is 1. The van der Waals surface area contributed by atoms with E-state index in [-0.39, 0.29) is 0 Å². The van der Waals surface area contributed by atoms with Gasteiger partial charge in [0, 0.05) is 17.4 Å². The Hall–Kier alpha value is -2.40. The molecule has 0 fully saturated rings. The molecule has 0 aliphatic rings. The number of hydrogen-bond donors (Lipinski definition) is 2. The summed E-state index contributed by atoms with van der Waals surface area (Å²) in [7, 11) is 1.57. The van der Waals surface area contributed by atoms with Gasteiger partial charge in [0.25, 0.3) is 6.01 Å². The number of aromatic nitrogens is 1. The number of nitrogens with two attached hydrogens (primary N) is 1. The Morgan fingerprint density at radius 1 is 1.25 bits per heavy atom. The number of nitrogens with zero attached hydrogens (tertiary/aromatic N) is 1. The van der Waals surface area contributed by atoms with Crippen LogP contribution >= 0.6 is 11.6 Å². The summed E-state index contributed by atoms with van der Waals surface area (Å²) in [6.07, 6.45) is 0. The van der Waals surface area contributed by atoms with Crippen LogP contribution in [0.4, 0.5) is 17.4 Å². The van der Waals surface area contributed by atoms with Crippen molar-refractivity contribution in [3.63, 3.8) is 0 Å². The summed E-state index contributed by atoms with van der Waals surface area (Å²) in [5.74, 6) is 0.613. The molecule has 6 heteroatoms. The highest BCUT2D eigenvalue weighted by atomic mass is 35.5.